The van der Waals surface area contributed by atoms with Crippen molar-refractivity contribution >= 4 is 5.97 Å². The number of para-hydroxylation sites is 1. The highest BCUT2D eigenvalue weighted by Crippen LogP contribution is 2.29. The number of rotatable bonds is 4. The maximum absolute atomic E-state index is 11.0. The van der Waals surface area contributed by atoms with Crippen molar-refractivity contribution in [1.82, 2.24) is 0 Å². The van der Waals surface area contributed by atoms with Crippen LogP contribution in [0, 0.1) is 0 Å². The maximum Gasteiger partial charge on any atom is 0.378 e. The quantitative estimate of drug-likeness (QED) is 0.467. The molecule has 0 fully saturated rings. The van der Waals surface area contributed by atoms with Crippen LogP contribution < -0.4 is 4.89 Å². The van der Waals surface area contributed by atoms with E-state index in [1.165, 1.54) is 0 Å². The van der Waals surface area contributed by atoms with Crippen LogP contribution in [0.5, 0.6) is 5.75 Å². The van der Waals surface area contributed by atoms with Gasteiger partial charge in [-0.25, -0.2) is 9.68 Å². The van der Waals surface area contributed by atoms with Crippen LogP contribution in [-0.4, -0.2) is 5.97 Å². The van der Waals surface area contributed by atoms with Gasteiger partial charge in [-0.3, -0.25) is 4.89 Å². The van der Waals surface area contributed by atoms with Gasteiger partial charge in [-0.05, 0) is 11.6 Å². The van der Waals surface area contributed by atoms with E-state index in [1.54, 1.807) is 6.07 Å². The monoisotopic (exact) mass is 240 g/mol. The van der Waals surface area contributed by atoms with Gasteiger partial charge in [-0.1, -0.05) is 55.1 Å². The first-order chi connectivity index (χ1) is 8.81. The van der Waals surface area contributed by atoms with Crippen LogP contribution in [0.1, 0.15) is 0 Å². The third-order valence-electron chi connectivity index (χ3n) is 2.35. The third-order valence-corrected chi connectivity index (χ3v) is 2.35. The van der Waals surface area contributed by atoms with Gasteiger partial charge in [0, 0.05) is 11.6 Å². The Labute approximate surface area is 105 Å². The van der Waals surface area contributed by atoms with E-state index in [0.29, 0.717) is 5.75 Å². The van der Waals surface area contributed by atoms with Gasteiger partial charge in [-0.15, -0.1) is 0 Å². The number of hydrogen-bond donors (Lipinski definition) is 0. The third kappa shape index (κ3) is 2.77. The zero-order valence-corrected chi connectivity index (χ0v) is 9.71. The average molecular weight is 240 g/mol. The lowest BCUT2D eigenvalue weighted by atomic mass is 10.1. The first kappa shape index (κ1) is 11.9. The van der Waals surface area contributed by atoms with E-state index in [1.807, 2.05) is 48.5 Å². The highest BCUT2D eigenvalue weighted by Gasteiger charge is 2.07. The summed E-state index contributed by atoms with van der Waals surface area (Å²) in [7, 11) is 0. The van der Waals surface area contributed by atoms with Gasteiger partial charge < -0.3 is 0 Å². The number of carbonyl (C=O) groups is 1. The summed E-state index contributed by atoms with van der Waals surface area (Å²) in [4.78, 5) is 20.6. The summed E-state index contributed by atoms with van der Waals surface area (Å²) < 4.78 is 0. The summed E-state index contributed by atoms with van der Waals surface area (Å²) in [6, 6.07) is 17.0. The fourth-order valence-corrected chi connectivity index (χ4v) is 1.52. The Hall–Kier alpha value is -2.55. The van der Waals surface area contributed by atoms with Crippen LogP contribution >= 0.6 is 0 Å². The predicted molar refractivity (Wildman–Crippen MR) is 68.8 cm³/mol. The molecule has 0 heterocycles. The SMILES string of the molecule is C=CC(=O)OOc1ccccc1-c1ccccc1. The highest BCUT2D eigenvalue weighted by molar-refractivity contribution is 5.80. The van der Waals surface area contributed by atoms with Gasteiger partial charge in [0.2, 0.25) is 0 Å². The molecule has 3 heteroatoms. The Bertz CT molecular complexity index is 547. The Balaban J connectivity index is 2.26. The van der Waals surface area contributed by atoms with Gasteiger partial charge in [0.05, 0.1) is 0 Å². The highest BCUT2D eigenvalue weighted by atomic mass is 17.2. The molecule has 0 bridgehead atoms. The van der Waals surface area contributed by atoms with E-state index in [4.69, 9.17) is 4.89 Å². The van der Waals surface area contributed by atoms with Crippen molar-refractivity contribution < 1.29 is 14.6 Å². The molecule has 2 aromatic carbocycles. The minimum absolute atomic E-state index is 0.485. The van der Waals surface area contributed by atoms with E-state index in [-0.39, 0.29) is 0 Å². The minimum Gasteiger partial charge on any atom is -0.286 e. The van der Waals surface area contributed by atoms with Crippen LogP contribution in [0.15, 0.2) is 67.3 Å². The molecule has 3 nitrogen and oxygen atoms in total. The second-order valence-corrected chi connectivity index (χ2v) is 3.55. The van der Waals surface area contributed by atoms with Crippen LogP contribution in [0.2, 0.25) is 0 Å². The number of hydrogen-bond acceptors (Lipinski definition) is 3. The summed E-state index contributed by atoms with van der Waals surface area (Å²) in [6.07, 6.45) is 1.05. The van der Waals surface area contributed by atoms with E-state index in [0.717, 1.165) is 17.2 Å². The average Bonchev–Trinajstić information content (AvgIpc) is 2.46. The minimum atomic E-state index is -0.627. The summed E-state index contributed by atoms with van der Waals surface area (Å²) in [6.45, 7) is 3.30. The molecule has 0 saturated carbocycles. The predicted octanol–water partition coefficient (Wildman–Crippen LogP) is 3.38. The van der Waals surface area contributed by atoms with Crippen LogP contribution in [0.4, 0.5) is 0 Å². The summed E-state index contributed by atoms with van der Waals surface area (Å²) in [5.74, 6) is -0.142. The molecular formula is C15H12O3. The van der Waals surface area contributed by atoms with E-state index in [2.05, 4.69) is 11.5 Å². The molecule has 90 valence electrons. The van der Waals surface area contributed by atoms with Crippen molar-refractivity contribution in [3.8, 4) is 16.9 Å². The first-order valence-electron chi connectivity index (χ1n) is 5.46. The fraction of sp³-hybridized carbons (Fsp3) is 0. The molecule has 2 rings (SSSR count). The molecule has 0 amide bonds. The van der Waals surface area contributed by atoms with Crippen molar-refractivity contribution in [2.24, 2.45) is 0 Å². The zero-order valence-electron chi connectivity index (χ0n) is 9.71. The molecule has 0 radical (unpaired) electrons. The molecule has 0 atom stereocenters. The molecule has 0 unspecified atom stereocenters. The molecule has 0 saturated heterocycles. The van der Waals surface area contributed by atoms with Gasteiger partial charge in [0.25, 0.3) is 0 Å². The molecule has 0 N–H and O–H groups in total. The lowest BCUT2D eigenvalue weighted by Crippen LogP contribution is -2.04. The second-order valence-electron chi connectivity index (χ2n) is 3.55. The fourth-order valence-electron chi connectivity index (χ4n) is 1.52. The van der Waals surface area contributed by atoms with Crippen LogP contribution in [-0.2, 0) is 9.68 Å². The molecule has 0 aliphatic rings. The standard InChI is InChI=1S/C15H12O3/c1-2-15(16)18-17-14-11-7-6-10-13(14)12-8-4-3-5-9-12/h2-11H,1H2. The summed E-state index contributed by atoms with van der Waals surface area (Å²) >= 11 is 0. The van der Waals surface area contributed by atoms with Crippen LogP contribution in [0.3, 0.4) is 0 Å². The van der Waals surface area contributed by atoms with E-state index < -0.39 is 5.97 Å². The lowest BCUT2D eigenvalue weighted by molar-refractivity contribution is -0.206. The van der Waals surface area contributed by atoms with E-state index >= 15 is 0 Å². The Kier molecular flexibility index (Phi) is 3.76. The maximum atomic E-state index is 11.0. The molecule has 2 aromatic rings. The van der Waals surface area contributed by atoms with Crippen LogP contribution in [0.25, 0.3) is 11.1 Å². The molecule has 0 aliphatic heterocycles. The van der Waals surface area contributed by atoms with Gasteiger partial charge in [-0.2, -0.15) is 0 Å². The Morgan fingerprint density at radius 1 is 1.00 bits per heavy atom. The summed E-state index contributed by atoms with van der Waals surface area (Å²) in [5.41, 5.74) is 1.85. The molecule has 18 heavy (non-hydrogen) atoms. The molecule has 0 aliphatic carbocycles. The van der Waals surface area contributed by atoms with Crippen molar-refractivity contribution in [3.63, 3.8) is 0 Å². The number of benzene rings is 2. The second kappa shape index (κ2) is 5.68. The molecular weight excluding hydrogens is 228 g/mol. The first-order valence-corrected chi connectivity index (χ1v) is 5.46. The smallest absolute Gasteiger partial charge is 0.286 e. The van der Waals surface area contributed by atoms with Gasteiger partial charge in [0.1, 0.15) is 0 Å². The Morgan fingerprint density at radius 3 is 2.39 bits per heavy atom. The van der Waals surface area contributed by atoms with Gasteiger partial charge in [0.15, 0.2) is 5.75 Å². The largest absolute Gasteiger partial charge is 0.378 e. The van der Waals surface area contributed by atoms with Crippen molar-refractivity contribution in [3.05, 3.63) is 67.3 Å². The van der Waals surface area contributed by atoms with E-state index in [9.17, 15) is 4.79 Å². The van der Waals surface area contributed by atoms with Crippen molar-refractivity contribution in [2.75, 3.05) is 0 Å². The van der Waals surface area contributed by atoms with Crippen molar-refractivity contribution in [2.45, 2.75) is 0 Å². The molecule has 0 spiro atoms. The van der Waals surface area contributed by atoms with Gasteiger partial charge >= 0.3 is 5.97 Å². The molecule has 0 aromatic heterocycles. The lowest BCUT2D eigenvalue weighted by Gasteiger charge is -2.08. The normalized spacial score (nSPS) is 9.56. The Morgan fingerprint density at radius 2 is 1.67 bits per heavy atom. The summed E-state index contributed by atoms with van der Waals surface area (Å²) in [5, 5.41) is 0. The topological polar surface area (TPSA) is 35.5 Å². The zero-order chi connectivity index (χ0) is 12.8. The van der Waals surface area contributed by atoms with Crippen molar-refractivity contribution in [1.29, 1.82) is 0 Å². The number of carbonyl (C=O) groups excluding carboxylic acids is 1.